The van der Waals surface area contributed by atoms with Gasteiger partial charge in [-0.05, 0) is 17.7 Å². The molecule has 12 heavy (non-hydrogen) atoms. The van der Waals surface area contributed by atoms with Gasteiger partial charge in [0.05, 0.1) is 0 Å². The van der Waals surface area contributed by atoms with Gasteiger partial charge in [0.2, 0.25) is 0 Å². The summed E-state index contributed by atoms with van der Waals surface area (Å²) >= 11 is 9.30. The molecule has 64 valence electrons. The number of hydrogen-bond acceptors (Lipinski definition) is 1. The van der Waals surface area contributed by atoms with Gasteiger partial charge in [-0.25, -0.2) is 0 Å². The standard InChI is InChI=1S/C8H8ClNOS/c9-7-3-1-2-6(4-7)5-10-8(11)12/h1-4H,5H2,(H2,10,11,12). The monoisotopic (exact) mass is 201 g/mol. The van der Waals surface area contributed by atoms with Gasteiger partial charge in [-0.15, -0.1) is 0 Å². The minimum atomic E-state index is -0.338. The van der Waals surface area contributed by atoms with Crippen molar-refractivity contribution in [2.75, 3.05) is 0 Å². The first-order chi connectivity index (χ1) is 5.68. The molecule has 0 aliphatic heterocycles. The average Bonchev–Trinajstić information content (AvgIpc) is 2.01. The van der Waals surface area contributed by atoms with Gasteiger partial charge in [-0.2, -0.15) is 0 Å². The molecule has 0 radical (unpaired) electrons. The first-order valence-electron chi connectivity index (χ1n) is 3.40. The zero-order valence-corrected chi connectivity index (χ0v) is 7.90. The fourth-order valence-electron chi connectivity index (χ4n) is 0.825. The van der Waals surface area contributed by atoms with Gasteiger partial charge in [0.1, 0.15) is 0 Å². The zero-order chi connectivity index (χ0) is 8.97. The molecule has 0 aliphatic rings. The van der Waals surface area contributed by atoms with Crippen LogP contribution >= 0.6 is 24.2 Å². The Morgan fingerprint density at radius 1 is 1.58 bits per heavy atom. The highest BCUT2D eigenvalue weighted by molar-refractivity contribution is 7.96. The van der Waals surface area contributed by atoms with Gasteiger partial charge in [-0.3, -0.25) is 4.79 Å². The highest BCUT2D eigenvalue weighted by Crippen LogP contribution is 2.10. The molecule has 0 saturated heterocycles. The van der Waals surface area contributed by atoms with E-state index >= 15 is 0 Å². The molecule has 0 unspecified atom stereocenters. The Balaban J connectivity index is 2.57. The van der Waals surface area contributed by atoms with Crippen LogP contribution in [0.15, 0.2) is 24.3 Å². The molecule has 0 heterocycles. The molecule has 0 saturated carbocycles. The maximum atomic E-state index is 10.4. The third kappa shape index (κ3) is 3.15. The van der Waals surface area contributed by atoms with E-state index < -0.39 is 0 Å². The predicted molar refractivity (Wildman–Crippen MR) is 52.7 cm³/mol. The first kappa shape index (κ1) is 9.42. The third-order valence-corrected chi connectivity index (χ3v) is 1.73. The summed E-state index contributed by atoms with van der Waals surface area (Å²) in [5.74, 6) is 0. The van der Waals surface area contributed by atoms with Crippen LogP contribution in [-0.4, -0.2) is 5.24 Å². The largest absolute Gasteiger partial charge is 0.343 e. The average molecular weight is 202 g/mol. The topological polar surface area (TPSA) is 29.1 Å². The van der Waals surface area contributed by atoms with E-state index in [9.17, 15) is 4.79 Å². The maximum Gasteiger partial charge on any atom is 0.276 e. The van der Waals surface area contributed by atoms with Crippen molar-refractivity contribution >= 4 is 29.5 Å². The van der Waals surface area contributed by atoms with Crippen LogP contribution in [0.3, 0.4) is 0 Å². The van der Waals surface area contributed by atoms with Crippen LogP contribution in [0.5, 0.6) is 0 Å². The quantitative estimate of drug-likeness (QED) is 0.708. The Morgan fingerprint density at radius 3 is 2.92 bits per heavy atom. The Bertz CT molecular complexity index is 290. The molecule has 4 heteroatoms. The van der Waals surface area contributed by atoms with E-state index in [4.69, 9.17) is 11.6 Å². The Morgan fingerprint density at radius 2 is 2.33 bits per heavy atom. The molecular formula is C8H8ClNOS. The van der Waals surface area contributed by atoms with E-state index in [0.717, 1.165) is 5.56 Å². The lowest BCUT2D eigenvalue weighted by Crippen LogP contribution is -2.15. The van der Waals surface area contributed by atoms with Crippen molar-refractivity contribution < 1.29 is 4.79 Å². The maximum absolute atomic E-state index is 10.4. The number of benzene rings is 1. The van der Waals surface area contributed by atoms with Crippen molar-refractivity contribution in [3.63, 3.8) is 0 Å². The molecule has 0 aliphatic carbocycles. The van der Waals surface area contributed by atoms with Crippen molar-refractivity contribution in [2.45, 2.75) is 6.54 Å². The van der Waals surface area contributed by atoms with Crippen LogP contribution in [0.1, 0.15) is 5.56 Å². The van der Waals surface area contributed by atoms with E-state index in [0.29, 0.717) is 11.6 Å². The van der Waals surface area contributed by atoms with Gasteiger partial charge in [0, 0.05) is 11.6 Å². The fourth-order valence-corrected chi connectivity index (χ4v) is 1.12. The molecule has 0 fully saturated rings. The summed E-state index contributed by atoms with van der Waals surface area (Å²) in [6.45, 7) is 0.461. The Kier molecular flexibility index (Phi) is 3.44. The van der Waals surface area contributed by atoms with Crippen molar-refractivity contribution in [1.82, 2.24) is 5.32 Å². The van der Waals surface area contributed by atoms with Gasteiger partial charge in [-0.1, -0.05) is 36.4 Å². The molecule has 1 rings (SSSR count). The van der Waals surface area contributed by atoms with Crippen molar-refractivity contribution in [2.24, 2.45) is 0 Å². The van der Waals surface area contributed by atoms with Crippen LogP contribution in [0.4, 0.5) is 4.79 Å². The second-order valence-corrected chi connectivity index (χ2v) is 3.13. The summed E-state index contributed by atoms with van der Waals surface area (Å²) in [5.41, 5.74) is 0.963. The second-order valence-electron chi connectivity index (χ2n) is 2.29. The zero-order valence-electron chi connectivity index (χ0n) is 6.25. The first-order valence-corrected chi connectivity index (χ1v) is 4.22. The summed E-state index contributed by atoms with van der Waals surface area (Å²) < 4.78 is 0. The lowest BCUT2D eigenvalue weighted by Gasteiger charge is -2.01. The summed E-state index contributed by atoms with van der Waals surface area (Å²) in [7, 11) is 0. The third-order valence-electron chi connectivity index (χ3n) is 1.33. The van der Waals surface area contributed by atoms with E-state index in [-0.39, 0.29) is 5.24 Å². The second kappa shape index (κ2) is 4.38. The number of halogens is 1. The Labute approximate surface area is 81.3 Å². The summed E-state index contributed by atoms with van der Waals surface area (Å²) in [6, 6.07) is 7.30. The lowest BCUT2D eigenvalue weighted by molar-refractivity contribution is 0.260. The van der Waals surface area contributed by atoms with Gasteiger partial charge >= 0.3 is 0 Å². The number of thiol groups is 1. The predicted octanol–water partition coefficient (Wildman–Crippen LogP) is 2.48. The summed E-state index contributed by atoms with van der Waals surface area (Å²) in [4.78, 5) is 10.4. The van der Waals surface area contributed by atoms with E-state index in [1.807, 2.05) is 12.1 Å². The molecule has 1 aromatic rings. The number of carbonyl (C=O) groups excluding carboxylic acids is 1. The SMILES string of the molecule is O=C(S)NCc1cccc(Cl)c1. The molecule has 0 spiro atoms. The summed E-state index contributed by atoms with van der Waals surface area (Å²) in [5, 5.41) is 2.89. The van der Waals surface area contributed by atoms with Gasteiger partial charge in [0.15, 0.2) is 0 Å². The molecule has 2 nitrogen and oxygen atoms in total. The van der Waals surface area contributed by atoms with Crippen LogP contribution in [0.2, 0.25) is 5.02 Å². The van der Waals surface area contributed by atoms with Gasteiger partial charge < -0.3 is 5.32 Å². The highest BCUT2D eigenvalue weighted by atomic mass is 35.5. The summed E-state index contributed by atoms with van der Waals surface area (Å²) in [6.07, 6.45) is 0. The minimum absolute atomic E-state index is 0.338. The number of hydrogen-bond donors (Lipinski definition) is 2. The number of carbonyl (C=O) groups is 1. The molecule has 0 atom stereocenters. The van der Waals surface area contributed by atoms with Crippen LogP contribution in [-0.2, 0) is 6.54 Å². The minimum Gasteiger partial charge on any atom is -0.343 e. The number of rotatable bonds is 2. The van der Waals surface area contributed by atoms with Gasteiger partial charge in [0.25, 0.3) is 5.24 Å². The van der Waals surface area contributed by atoms with E-state index in [1.54, 1.807) is 12.1 Å². The molecule has 1 amide bonds. The number of amides is 1. The molecule has 1 aromatic carbocycles. The highest BCUT2D eigenvalue weighted by Gasteiger charge is 1.95. The van der Waals surface area contributed by atoms with E-state index in [1.165, 1.54) is 0 Å². The molecular weight excluding hydrogens is 194 g/mol. The van der Waals surface area contributed by atoms with Crippen LogP contribution in [0.25, 0.3) is 0 Å². The Hall–Kier alpha value is -0.670. The van der Waals surface area contributed by atoms with Crippen LogP contribution < -0.4 is 5.32 Å². The molecule has 1 N–H and O–H groups in total. The van der Waals surface area contributed by atoms with Crippen molar-refractivity contribution in [3.8, 4) is 0 Å². The van der Waals surface area contributed by atoms with E-state index in [2.05, 4.69) is 17.9 Å². The normalized spacial score (nSPS) is 9.50. The van der Waals surface area contributed by atoms with Crippen LogP contribution in [0, 0.1) is 0 Å². The molecule has 0 bridgehead atoms. The smallest absolute Gasteiger partial charge is 0.276 e. The number of nitrogens with one attached hydrogen (secondary N) is 1. The van der Waals surface area contributed by atoms with Crippen molar-refractivity contribution in [1.29, 1.82) is 0 Å². The van der Waals surface area contributed by atoms with Crippen molar-refractivity contribution in [3.05, 3.63) is 34.9 Å². The lowest BCUT2D eigenvalue weighted by atomic mass is 10.2. The fraction of sp³-hybridized carbons (Fsp3) is 0.125. The molecule has 0 aromatic heterocycles.